The van der Waals surface area contributed by atoms with E-state index in [9.17, 15) is 0 Å². The van der Waals surface area contributed by atoms with Crippen molar-refractivity contribution in [2.45, 2.75) is 39.7 Å². The molecule has 0 aliphatic rings. The highest BCUT2D eigenvalue weighted by molar-refractivity contribution is 7.98. The molecule has 0 spiro atoms. The second-order valence-corrected chi connectivity index (χ2v) is 5.07. The molecule has 0 rings (SSSR count). The molecule has 0 aromatic rings. The summed E-state index contributed by atoms with van der Waals surface area (Å²) in [5, 5.41) is 0. The first-order valence-electron chi connectivity index (χ1n) is 4.22. The Morgan fingerprint density at radius 1 is 1.45 bits per heavy atom. The molecule has 0 saturated carbocycles. The molecule has 0 heterocycles. The van der Waals surface area contributed by atoms with Gasteiger partial charge in [0.2, 0.25) is 0 Å². The van der Waals surface area contributed by atoms with Gasteiger partial charge in [0.15, 0.2) is 0 Å². The molecule has 0 aliphatic heterocycles. The smallest absolute Gasteiger partial charge is 0.00155 e. The zero-order valence-electron chi connectivity index (χ0n) is 8.18. The first kappa shape index (κ1) is 11.3. The summed E-state index contributed by atoms with van der Waals surface area (Å²) in [6, 6.07) is 0.340. The lowest BCUT2D eigenvalue weighted by Gasteiger charge is -2.26. The molecule has 0 aromatic heterocycles. The first-order valence-corrected chi connectivity index (χ1v) is 5.62. The predicted molar refractivity (Wildman–Crippen MR) is 55.0 cm³/mol. The Hall–Kier alpha value is 0.310. The van der Waals surface area contributed by atoms with Crippen molar-refractivity contribution in [3.05, 3.63) is 0 Å². The fourth-order valence-electron chi connectivity index (χ4n) is 1.35. The molecule has 68 valence electrons. The zero-order valence-corrected chi connectivity index (χ0v) is 9.00. The monoisotopic (exact) mass is 175 g/mol. The lowest BCUT2D eigenvalue weighted by atomic mass is 9.84. The maximum Gasteiger partial charge on any atom is 0.00155 e. The van der Waals surface area contributed by atoms with Crippen LogP contribution in [-0.2, 0) is 0 Å². The minimum Gasteiger partial charge on any atom is -0.328 e. The highest BCUT2D eigenvalue weighted by atomic mass is 32.2. The van der Waals surface area contributed by atoms with Crippen LogP contribution in [0.15, 0.2) is 0 Å². The highest BCUT2D eigenvalue weighted by Crippen LogP contribution is 2.27. The van der Waals surface area contributed by atoms with Crippen LogP contribution in [0.25, 0.3) is 0 Å². The van der Waals surface area contributed by atoms with Gasteiger partial charge >= 0.3 is 0 Å². The van der Waals surface area contributed by atoms with E-state index in [0.29, 0.717) is 11.5 Å². The van der Waals surface area contributed by atoms with Crippen molar-refractivity contribution in [3.8, 4) is 0 Å². The van der Waals surface area contributed by atoms with E-state index in [2.05, 4.69) is 27.0 Å². The fraction of sp³-hybridized carbons (Fsp3) is 1.00. The van der Waals surface area contributed by atoms with Gasteiger partial charge in [-0.2, -0.15) is 11.8 Å². The summed E-state index contributed by atoms with van der Waals surface area (Å²) in [6.45, 7) is 6.68. The Morgan fingerprint density at radius 2 is 2.00 bits per heavy atom. The molecular formula is C9H21NS. The normalized spacial score (nSPS) is 15.0. The molecule has 0 aromatic carbocycles. The minimum absolute atomic E-state index is 0.340. The lowest BCUT2D eigenvalue weighted by Crippen LogP contribution is -2.25. The van der Waals surface area contributed by atoms with Crippen molar-refractivity contribution in [2.24, 2.45) is 11.1 Å². The summed E-state index contributed by atoms with van der Waals surface area (Å²) in [5.41, 5.74) is 6.17. The standard InChI is InChI=1S/C9H21NS/c1-8(10)7-9(2,3)5-6-11-4/h8H,5-7,10H2,1-4H3. The summed E-state index contributed by atoms with van der Waals surface area (Å²) in [6.07, 6.45) is 4.56. The molecule has 0 saturated heterocycles. The number of hydrogen-bond donors (Lipinski definition) is 1. The van der Waals surface area contributed by atoms with Gasteiger partial charge in [-0.25, -0.2) is 0 Å². The van der Waals surface area contributed by atoms with Gasteiger partial charge in [0.05, 0.1) is 0 Å². The van der Waals surface area contributed by atoms with E-state index >= 15 is 0 Å². The molecule has 1 nitrogen and oxygen atoms in total. The van der Waals surface area contributed by atoms with Crippen LogP contribution in [0.1, 0.15) is 33.6 Å². The largest absolute Gasteiger partial charge is 0.328 e. The van der Waals surface area contributed by atoms with Crippen molar-refractivity contribution in [2.75, 3.05) is 12.0 Å². The molecule has 2 heteroatoms. The Bertz CT molecular complexity index is 99.7. The second-order valence-electron chi connectivity index (χ2n) is 4.09. The number of thioether (sulfide) groups is 1. The third-order valence-electron chi connectivity index (χ3n) is 1.86. The van der Waals surface area contributed by atoms with Crippen LogP contribution in [-0.4, -0.2) is 18.1 Å². The number of rotatable bonds is 5. The molecule has 0 radical (unpaired) electrons. The fourth-order valence-corrected chi connectivity index (χ4v) is 2.11. The van der Waals surface area contributed by atoms with Crippen molar-refractivity contribution in [1.29, 1.82) is 0 Å². The maximum atomic E-state index is 5.74. The lowest BCUT2D eigenvalue weighted by molar-refractivity contribution is 0.303. The van der Waals surface area contributed by atoms with E-state index in [0.717, 1.165) is 6.42 Å². The number of hydrogen-bond acceptors (Lipinski definition) is 2. The van der Waals surface area contributed by atoms with Gasteiger partial charge in [-0.15, -0.1) is 0 Å². The predicted octanol–water partition coefficient (Wildman–Crippen LogP) is 2.50. The van der Waals surface area contributed by atoms with E-state index in [1.165, 1.54) is 12.2 Å². The second kappa shape index (κ2) is 5.04. The van der Waals surface area contributed by atoms with Gasteiger partial charge in [0.1, 0.15) is 0 Å². The van der Waals surface area contributed by atoms with Crippen LogP contribution in [0.2, 0.25) is 0 Å². The maximum absolute atomic E-state index is 5.74. The average Bonchev–Trinajstić information content (AvgIpc) is 1.81. The Balaban J connectivity index is 3.61. The van der Waals surface area contributed by atoms with Crippen molar-refractivity contribution in [1.82, 2.24) is 0 Å². The summed E-state index contributed by atoms with van der Waals surface area (Å²) in [7, 11) is 0. The molecule has 0 amide bonds. The third kappa shape index (κ3) is 6.70. The van der Waals surface area contributed by atoms with Crippen molar-refractivity contribution in [3.63, 3.8) is 0 Å². The molecule has 1 atom stereocenters. The molecule has 0 bridgehead atoms. The van der Waals surface area contributed by atoms with Crippen LogP contribution in [0.5, 0.6) is 0 Å². The SMILES string of the molecule is CSCCC(C)(C)CC(C)N. The molecule has 0 fully saturated rings. The number of nitrogens with two attached hydrogens (primary N) is 1. The zero-order chi connectivity index (χ0) is 8.91. The Kier molecular flexibility index (Phi) is 5.19. The van der Waals surface area contributed by atoms with Crippen molar-refractivity contribution >= 4 is 11.8 Å². The van der Waals surface area contributed by atoms with Gasteiger partial charge in [-0.3, -0.25) is 0 Å². The van der Waals surface area contributed by atoms with Crippen LogP contribution in [0.3, 0.4) is 0 Å². The van der Waals surface area contributed by atoms with Gasteiger partial charge in [0, 0.05) is 6.04 Å². The topological polar surface area (TPSA) is 26.0 Å². The van der Waals surface area contributed by atoms with Crippen molar-refractivity contribution < 1.29 is 0 Å². The van der Waals surface area contributed by atoms with Gasteiger partial charge in [-0.05, 0) is 37.2 Å². The summed E-state index contributed by atoms with van der Waals surface area (Å²) in [5.74, 6) is 1.25. The molecule has 1 unspecified atom stereocenters. The molecule has 0 aliphatic carbocycles. The molecule has 2 N–H and O–H groups in total. The van der Waals surface area contributed by atoms with Gasteiger partial charge in [0.25, 0.3) is 0 Å². The molecular weight excluding hydrogens is 154 g/mol. The minimum atomic E-state index is 0.340. The van der Waals surface area contributed by atoms with E-state index in [1.54, 1.807) is 0 Å². The van der Waals surface area contributed by atoms with Crippen LogP contribution in [0, 0.1) is 5.41 Å². The first-order chi connectivity index (χ1) is 4.98. The quantitative estimate of drug-likeness (QED) is 0.695. The van der Waals surface area contributed by atoms with Crippen LogP contribution < -0.4 is 5.73 Å². The summed E-state index contributed by atoms with van der Waals surface area (Å²) >= 11 is 1.91. The van der Waals surface area contributed by atoms with Crippen LogP contribution >= 0.6 is 11.8 Å². The van der Waals surface area contributed by atoms with E-state index < -0.39 is 0 Å². The van der Waals surface area contributed by atoms with Gasteiger partial charge in [-0.1, -0.05) is 13.8 Å². The van der Waals surface area contributed by atoms with E-state index in [-0.39, 0.29) is 0 Å². The highest BCUT2D eigenvalue weighted by Gasteiger charge is 2.18. The summed E-state index contributed by atoms with van der Waals surface area (Å²) in [4.78, 5) is 0. The third-order valence-corrected chi connectivity index (χ3v) is 2.47. The Morgan fingerprint density at radius 3 is 2.36 bits per heavy atom. The Labute approximate surface area is 75.1 Å². The van der Waals surface area contributed by atoms with Gasteiger partial charge < -0.3 is 5.73 Å². The average molecular weight is 175 g/mol. The van der Waals surface area contributed by atoms with E-state index in [4.69, 9.17) is 5.73 Å². The van der Waals surface area contributed by atoms with E-state index in [1.807, 2.05) is 11.8 Å². The molecule has 11 heavy (non-hydrogen) atoms. The van der Waals surface area contributed by atoms with Crippen LogP contribution in [0.4, 0.5) is 0 Å². The summed E-state index contributed by atoms with van der Waals surface area (Å²) < 4.78 is 0.